The SMILES string of the molecule is Cc1ccc(S(=O)(=O)N=[S@@](=O)(c2ccccc2)[C@H](C)/C=C/[C@@H](O)c2ccccc2)cc1. The van der Waals surface area contributed by atoms with Crippen molar-refractivity contribution in [2.24, 2.45) is 3.77 Å². The highest BCUT2D eigenvalue weighted by Gasteiger charge is 2.25. The van der Waals surface area contributed by atoms with Gasteiger partial charge < -0.3 is 5.11 Å². The fraction of sp³-hybridized carbons (Fsp3) is 0.167. The second-order valence-electron chi connectivity index (χ2n) is 7.19. The smallest absolute Gasteiger partial charge is 0.290 e. The summed E-state index contributed by atoms with van der Waals surface area (Å²) in [4.78, 5) is 0.305. The van der Waals surface area contributed by atoms with Gasteiger partial charge in [-0.05, 0) is 43.7 Å². The van der Waals surface area contributed by atoms with Crippen molar-refractivity contribution < 1.29 is 17.7 Å². The lowest BCUT2D eigenvalue weighted by atomic mass is 10.1. The number of hydrogen-bond donors (Lipinski definition) is 1. The minimum atomic E-state index is -4.17. The van der Waals surface area contributed by atoms with Crippen LogP contribution in [0.1, 0.15) is 24.2 Å². The average molecular weight is 456 g/mol. The molecule has 0 amide bonds. The van der Waals surface area contributed by atoms with Crippen LogP contribution in [0.15, 0.2) is 111 Å². The first-order valence-corrected chi connectivity index (χ1v) is 12.8. The van der Waals surface area contributed by atoms with Crippen LogP contribution < -0.4 is 0 Å². The molecule has 0 bridgehead atoms. The van der Waals surface area contributed by atoms with E-state index in [1.165, 1.54) is 18.2 Å². The Hall–Kier alpha value is -2.74. The minimum Gasteiger partial charge on any atom is -0.384 e. The zero-order valence-electron chi connectivity index (χ0n) is 17.3. The summed E-state index contributed by atoms with van der Waals surface area (Å²) in [5.74, 6) is 0. The van der Waals surface area contributed by atoms with Crippen LogP contribution in [0.4, 0.5) is 0 Å². The molecule has 0 fully saturated rings. The van der Waals surface area contributed by atoms with Crippen molar-refractivity contribution in [3.8, 4) is 0 Å². The number of rotatable bonds is 7. The molecule has 3 aromatic rings. The van der Waals surface area contributed by atoms with E-state index in [4.69, 9.17) is 0 Å². The lowest BCUT2D eigenvalue weighted by molar-refractivity contribution is 0.228. The van der Waals surface area contributed by atoms with Crippen molar-refractivity contribution >= 4 is 19.8 Å². The molecule has 3 atom stereocenters. The Bertz CT molecular complexity index is 1260. The highest BCUT2D eigenvalue weighted by molar-refractivity contribution is 8.03. The maximum atomic E-state index is 14.0. The molecule has 3 aromatic carbocycles. The van der Waals surface area contributed by atoms with Crippen molar-refractivity contribution in [3.63, 3.8) is 0 Å². The number of hydrogen-bond acceptors (Lipinski definition) is 4. The van der Waals surface area contributed by atoms with E-state index in [0.717, 1.165) is 5.56 Å². The first-order valence-electron chi connectivity index (χ1n) is 9.78. The topological polar surface area (TPSA) is 83.8 Å². The molecule has 3 rings (SSSR count). The van der Waals surface area contributed by atoms with Crippen molar-refractivity contribution in [1.82, 2.24) is 0 Å². The first-order chi connectivity index (χ1) is 14.7. The Morgan fingerprint density at radius 2 is 1.32 bits per heavy atom. The molecule has 5 nitrogen and oxygen atoms in total. The first kappa shape index (κ1) is 22.9. The third kappa shape index (κ3) is 5.50. The molecule has 7 heteroatoms. The quantitative estimate of drug-likeness (QED) is 0.514. The second kappa shape index (κ2) is 9.60. The van der Waals surface area contributed by atoms with Crippen LogP contribution in [0.2, 0.25) is 0 Å². The Morgan fingerprint density at radius 1 is 0.774 bits per heavy atom. The largest absolute Gasteiger partial charge is 0.384 e. The van der Waals surface area contributed by atoms with Gasteiger partial charge in [-0.25, -0.2) is 4.21 Å². The van der Waals surface area contributed by atoms with Gasteiger partial charge >= 0.3 is 0 Å². The van der Waals surface area contributed by atoms with Crippen molar-refractivity contribution in [3.05, 3.63) is 108 Å². The van der Waals surface area contributed by atoms with E-state index in [0.29, 0.717) is 10.5 Å². The molecule has 0 heterocycles. The number of nitrogens with zero attached hydrogens (tertiary/aromatic N) is 1. The van der Waals surface area contributed by atoms with Gasteiger partial charge in [-0.15, -0.1) is 3.77 Å². The van der Waals surface area contributed by atoms with Gasteiger partial charge in [0.15, 0.2) is 0 Å². The third-order valence-corrected chi connectivity index (χ3v) is 9.47. The van der Waals surface area contributed by atoms with Gasteiger partial charge in [0.25, 0.3) is 10.0 Å². The molecule has 162 valence electrons. The summed E-state index contributed by atoms with van der Waals surface area (Å²) in [6, 6.07) is 23.6. The molecule has 31 heavy (non-hydrogen) atoms. The molecule has 0 unspecified atom stereocenters. The summed E-state index contributed by atoms with van der Waals surface area (Å²) < 4.78 is 43.9. The van der Waals surface area contributed by atoms with Crippen LogP contribution in [0, 0.1) is 6.92 Å². The maximum absolute atomic E-state index is 14.0. The summed E-state index contributed by atoms with van der Waals surface area (Å²) in [7, 11) is -7.57. The van der Waals surface area contributed by atoms with E-state index in [2.05, 4.69) is 3.77 Å². The Balaban J connectivity index is 2.05. The molecule has 0 saturated carbocycles. The van der Waals surface area contributed by atoms with E-state index in [1.54, 1.807) is 67.6 Å². The van der Waals surface area contributed by atoms with Crippen LogP contribution in [0.3, 0.4) is 0 Å². The van der Waals surface area contributed by atoms with Gasteiger partial charge in [-0.1, -0.05) is 78.4 Å². The van der Waals surface area contributed by atoms with E-state index in [1.807, 2.05) is 25.1 Å². The number of aliphatic hydroxyl groups excluding tert-OH is 1. The van der Waals surface area contributed by atoms with E-state index in [-0.39, 0.29) is 4.90 Å². The lowest BCUT2D eigenvalue weighted by Gasteiger charge is -2.16. The van der Waals surface area contributed by atoms with E-state index >= 15 is 0 Å². The number of aliphatic hydroxyl groups is 1. The lowest BCUT2D eigenvalue weighted by Crippen LogP contribution is -2.18. The molecule has 0 spiro atoms. The highest BCUT2D eigenvalue weighted by Crippen LogP contribution is 2.25. The predicted octanol–water partition coefficient (Wildman–Crippen LogP) is 4.89. The molecular formula is C24H25NO4S2. The maximum Gasteiger partial charge on any atom is 0.290 e. The molecule has 0 radical (unpaired) electrons. The molecular weight excluding hydrogens is 430 g/mol. The number of aryl methyl sites for hydroxylation is 1. The second-order valence-corrected chi connectivity index (χ2v) is 11.6. The third-order valence-electron chi connectivity index (χ3n) is 4.82. The van der Waals surface area contributed by atoms with Gasteiger partial charge in [0.1, 0.15) is 0 Å². The van der Waals surface area contributed by atoms with Crippen LogP contribution in [0.5, 0.6) is 0 Å². The monoisotopic (exact) mass is 455 g/mol. The zero-order valence-corrected chi connectivity index (χ0v) is 19.0. The Labute approximate surface area is 184 Å². The Morgan fingerprint density at radius 3 is 1.90 bits per heavy atom. The van der Waals surface area contributed by atoms with E-state index < -0.39 is 31.1 Å². The molecule has 0 saturated heterocycles. The normalized spacial score (nSPS) is 15.8. The molecule has 0 aliphatic heterocycles. The fourth-order valence-electron chi connectivity index (χ4n) is 2.97. The summed E-state index contributed by atoms with van der Waals surface area (Å²) in [6.07, 6.45) is 2.16. The van der Waals surface area contributed by atoms with Crippen LogP contribution in [-0.2, 0) is 19.8 Å². The highest BCUT2D eigenvalue weighted by atomic mass is 32.3. The van der Waals surface area contributed by atoms with Gasteiger partial charge in [0, 0.05) is 4.90 Å². The average Bonchev–Trinajstić information content (AvgIpc) is 2.78. The Kier molecular flexibility index (Phi) is 7.10. The fourth-order valence-corrected chi connectivity index (χ4v) is 7.13. The molecule has 1 N–H and O–H groups in total. The minimum absolute atomic E-state index is 0.0118. The van der Waals surface area contributed by atoms with Gasteiger partial charge in [-0.3, -0.25) is 0 Å². The van der Waals surface area contributed by atoms with Crippen LogP contribution in [-0.4, -0.2) is 23.0 Å². The molecule has 0 aliphatic rings. The van der Waals surface area contributed by atoms with Crippen molar-refractivity contribution in [2.75, 3.05) is 0 Å². The number of benzene rings is 3. The van der Waals surface area contributed by atoms with Gasteiger partial charge in [0.2, 0.25) is 0 Å². The van der Waals surface area contributed by atoms with Crippen LogP contribution in [0.25, 0.3) is 0 Å². The van der Waals surface area contributed by atoms with Gasteiger partial charge in [-0.2, -0.15) is 8.42 Å². The summed E-state index contributed by atoms with van der Waals surface area (Å²) >= 11 is 0. The zero-order chi connectivity index (χ0) is 22.5. The van der Waals surface area contributed by atoms with Gasteiger partial charge in [0.05, 0.1) is 26.0 Å². The summed E-state index contributed by atoms with van der Waals surface area (Å²) in [5.41, 5.74) is 1.59. The summed E-state index contributed by atoms with van der Waals surface area (Å²) in [6.45, 7) is 3.49. The van der Waals surface area contributed by atoms with Crippen molar-refractivity contribution in [1.29, 1.82) is 0 Å². The van der Waals surface area contributed by atoms with E-state index in [9.17, 15) is 17.7 Å². The number of sulfonamides is 1. The molecule has 0 aliphatic carbocycles. The van der Waals surface area contributed by atoms with Crippen LogP contribution >= 0.6 is 0 Å². The standard InChI is InChI=1S/C24H25NO4S2/c1-19-13-16-23(17-14-19)31(28,29)25-30(27,22-11-7-4-8-12-22)20(2)15-18-24(26)21-9-5-3-6-10-21/h3-18,20,24,26H,1-2H3/b18-15+/t20-,24-,30+/m1/s1. The summed E-state index contributed by atoms with van der Waals surface area (Å²) in [5, 5.41) is 9.64. The predicted molar refractivity (Wildman–Crippen MR) is 124 cm³/mol. The van der Waals surface area contributed by atoms with Crippen molar-refractivity contribution in [2.45, 2.75) is 35.0 Å². The molecule has 0 aromatic heterocycles.